The number of carboxylic acid groups (broad SMARTS) is 1. The van der Waals surface area contributed by atoms with Crippen molar-refractivity contribution in [3.63, 3.8) is 0 Å². The van der Waals surface area contributed by atoms with Crippen LogP contribution in [0.25, 0.3) is 10.9 Å². The third-order valence-electron chi connectivity index (χ3n) is 5.83. The van der Waals surface area contributed by atoms with Crippen molar-refractivity contribution in [2.24, 2.45) is 0 Å². The number of carbonyl (C=O) groups excluding carboxylic acids is 2. The molecule has 1 unspecified atom stereocenters. The van der Waals surface area contributed by atoms with Crippen LogP contribution in [0.3, 0.4) is 0 Å². The van der Waals surface area contributed by atoms with Gasteiger partial charge in [0.2, 0.25) is 0 Å². The van der Waals surface area contributed by atoms with Crippen molar-refractivity contribution in [2.75, 3.05) is 18.9 Å². The van der Waals surface area contributed by atoms with E-state index in [1.807, 2.05) is 31.3 Å². The number of para-hydroxylation sites is 1. The minimum atomic E-state index is -1.15. The van der Waals surface area contributed by atoms with Crippen LogP contribution in [0.1, 0.15) is 45.3 Å². The van der Waals surface area contributed by atoms with Crippen molar-refractivity contribution >= 4 is 46.0 Å². The zero-order chi connectivity index (χ0) is 24.4. The molecule has 2 N–H and O–H groups in total. The lowest BCUT2D eigenvalue weighted by molar-refractivity contribution is -0.124. The molecule has 1 aliphatic rings. The first-order valence-corrected chi connectivity index (χ1v) is 11.3. The molecule has 1 aliphatic heterocycles. The number of anilines is 1. The van der Waals surface area contributed by atoms with Gasteiger partial charge in [-0.25, -0.2) is 9.59 Å². The Kier molecular flexibility index (Phi) is 6.81. The lowest BCUT2D eigenvalue weighted by Gasteiger charge is -2.27. The SMILES string of the molecule is CCC(OC(=O)c1c2c(nc3ccccc13)CCN(C)C2)C(=O)Nc1cc(C(=O)O)ccc1Cl. The summed E-state index contributed by atoms with van der Waals surface area (Å²) in [6.07, 6.45) is -0.160. The van der Waals surface area contributed by atoms with E-state index >= 15 is 0 Å². The lowest BCUT2D eigenvalue weighted by Crippen LogP contribution is -2.34. The summed E-state index contributed by atoms with van der Waals surface area (Å²) in [6, 6.07) is 11.4. The van der Waals surface area contributed by atoms with Gasteiger partial charge in [0.05, 0.1) is 27.4 Å². The number of halogens is 1. The number of rotatable bonds is 6. The topological polar surface area (TPSA) is 109 Å². The number of pyridine rings is 1. The average molecular weight is 482 g/mol. The molecule has 0 radical (unpaired) electrons. The number of aromatic carboxylic acids is 1. The smallest absolute Gasteiger partial charge is 0.340 e. The molecule has 0 saturated carbocycles. The number of fused-ring (bicyclic) bond motifs is 2. The maximum atomic E-state index is 13.4. The van der Waals surface area contributed by atoms with Crippen molar-refractivity contribution in [2.45, 2.75) is 32.4 Å². The minimum absolute atomic E-state index is 0.0243. The standard InChI is InChI=1S/C25H24ClN3O5/c1-3-21(23(30)28-20-12-14(24(31)32)8-9-17(20)26)34-25(33)22-15-6-4-5-7-18(15)27-19-10-11-29(2)13-16(19)22/h4-9,12,21H,3,10-11,13H2,1-2H3,(H,28,30)(H,31,32). The maximum absolute atomic E-state index is 13.4. The molecule has 1 atom stereocenters. The molecule has 0 fully saturated rings. The summed E-state index contributed by atoms with van der Waals surface area (Å²) in [6.45, 7) is 3.11. The van der Waals surface area contributed by atoms with Crippen LogP contribution in [-0.2, 0) is 22.5 Å². The number of aromatic nitrogens is 1. The molecule has 3 aromatic rings. The predicted molar refractivity (Wildman–Crippen MR) is 128 cm³/mol. The van der Waals surface area contributed by atoms with Crippen molar-refractivity contribution in [3.8, 4) is 0 Å². The van der Waals surface area contributed by atoms with Gasteiger partial charge in [0.1, 0.15) is 0 Å². The molecule has 0 saturated heterocycles. The summed E-state index contributed by atoms with van der Waals surface area (Å²) in [5.74, 6) is -2.34. The van der Waals surface area contributed by atoms with Crippen LogP contribution >= 0.6 is 11.6 Å². The van der Waals surface area contributed by atoms with Crippen molar-refractivity contribution in [3.05, 3.63) is 69.9 Å². The van der Waals surface area contributed by atoms with Gasteiger partial charge in [0.25, 0.3) is 5.91 Å². The fourth-order valence-electron chi connectivity index (χ4n) is 4.04. The van der Waals surface area contributed by atoms with Gasteiger partial charge in [0.15, 0.2) is 6.10 Å². The molecule has 0 aliphatic carbocycles. The van der Waals surface area contributed by atoms with Gasteiger partial charge in [-0.3, -0.25) is 9.78 Å². The summed E-state index contributed by atoms with van der Waals surface area (Å²) < 4.78 is 5.69. The fraction of sp³-hybridized carbons (Fsp3) is 0.280. The first-order valence-electron chi connectivity index (χ1n) is 10.9. The van der Waals surface area contributed by atoms with Crippen LogP contribution in [0.5, 0.6) is 0 Å². The van der Waals surface area contributed by atoms with Gasteiger partial charge < -0.3 is 20.1 Å². The van der Waals surface area contributed by atoms with Gasteiger partial charge >= 0.3 is 11.9 Å². The maximum Gasteiger partial charge on any atom is 0.340 e. The Hall–Kier alpha value is -3.49. The van der Waals surface area contributed by atoms with E-state index < -0.39 is 23.9 Å². The second kappa shape index (κ2) is 9.79. The Morgan fingerprint density at radius 1 is 1.24 bits per heavy atom. The number of carboxylic acids is 1. The van der Waals surface area contributed by atoms with Gasteiger partial charge in [-0.2, -0.15) is 0 Å². The Balaban J connectivity index is 1.63. The van der Waals surface area contributed by atoms with Crippen LogP contribution in [0.2, 0.25) is 5.02 Å². The summed E-state index contributed by atoms with van der Waals surface area (Å²) in [5.41, 5.74) is 2.90. The van der Waals surface area contributed by atoms with E-state index in [1.165, 1.54) is 18.2 Å². The third kappa shape index (κ3) is 4.73. The molecule has 9 heteroatoms. The average Bonchev–Trinajstić information content (AvgIpc) is 2.82. The van der Waals surface area contributed by atoms with Gasteiger partial charge in [0, 0.05) is 36.2 Å². The first kappa shape index (κ1) is 23.7. The summed E-state index contributed by atoms with van der Waals surface area (Å²) in [5, 5.41) is 12.6. The Morgan fingerprint density at radius 2 is 2.00 bits per heavy atom. The number of hydrogen-bond donors (Lipinski definition) is 2. The molecular formula is C25H24ClN3O5. The van der Waals surface area contributed by atoms with E-state index in [-0.39, 0.29) is 22.7 Å². The Labute approximate surface area is 201 Å². The number of ether oxygens (including phenoxy) is 1. The molecule has 34 heavy (non-hydrogen) atoms. The second-order valence-electron chi connectivity index (χ2n) is 8.21. The largest absolute Gasteiger partial charge is 0.478 e. The number of hydrogen-bond acceptors (Lipinski definition) is 6. The van der Waals surface area contributed by atoms with Gasteiger partial charge in [-0.1, -0.05) is 36.7 Å². The van der Waals surface area contributed by atoms with E-state index in [0.29, 0.717) is 29.4 Å². The van der Waals surface area contributed by atoms with Crippen molar-refractivity contribution in [1.29, 1.82) is 0 Å². The zero-order valence-electron chi connectivity index (χ0n) is 18.8. The normalized spacial score (nSPS) is 14.3. The zero-order valence-corrected chi connectivity index (χ0v) is 19.6. The molecule has 1 aromatic heterocycles. The van der Waals surface area contributed by atoms with Crippen LogP contribution < -0.4 is 5.32 Å². The Bertz CT molecular complexity index is 1290. The van der Waals surface area contributed by atoms with Crippen LogP contribution in [0.15, 0.2) is 42.5 Å². The first-order chi connectivity index (χ1) is 16.3. The van der Waals surface area contributed by atoms with Crippen molar-refractivity contribution < 1.29 is 24.2 Å². The molecular weight excluding hydrogens is 458 g/mol. The number of benzene rings is 2. The molecule has 0 bridgehead atoms. The summed E-state index contributed by atoms with van der Waals surface area (Å²) in [4.78, 5) is 44.5. The number of carbonyl (C=O) groups is 3. The fourth-order valence-corrected chi connectivity index (χ4v) is 4.20. The summed E-state index contributed by atoms with van der Waals surface area (Å²) >= 11 is 6.13. The molecule has 1 amide bonds. The number of nitrogens with one attached hydrogen (secondary N) is 1. The quantitative estimate of drug-likeness (QED) is 0.509. The molecule has 176 valence electrons. The number of amides is 1. The highest BCUT2D eigenvalue weighted by Crippen LogP contribution is 2.29. The molecule has 2 aromatic carbocycles. The van der Waals surface area contributed by atoms with Crippen LogP contribution in [0, 0.1) is 0 Å². The second-order valence-corrected chi connectivity index (χ2v) is 8.62. The van der Waals surface area contributed by atoms with Crippen LogP contribution in [0.4, 0.5) is 5.69 Å². The van der Waals surface area contributed by atoms with E-state index in [4.69, 9.17) is 21.3 Å². The predicted octanol–water partition coefficient (Wildman–Crippen LogP) is 4.15. The summed E-state index contributed by atoms with van der Waals surface area (Å²) in [7, 11) is 1.98. The number of likely N-dealkylation sites (N-methyl/N-ethyl adjacent to an activating group) is 1. The van der Waals surface area contributed by atoms with E-state index in [0.717, 1.165) is 17.8 Å². The molecule has 8 nitrogen and oxygen atoms in total. The Morgan fingerprint density at radius 3 is 2.74 bits per heavy atom. The minimum Gasteiger partial charge on any atom is -0.478 e. The van der Waals surface area contributed by atoms with Gasteiger partial charge in [-0.15, -0.1) is 0 Å². The third-order valence-corrected chi connectivity index (χ3v) is 6.15. The van der Waals surface area contributed by atoms with E-state index in [2.05, 4.69) is 10.2 Å². The lowest BCUT2D eigenvalue weighted by atomic mass is 9.96. The van der Waals surface area contributed by atoms with Crippen molar-refractivity contribution in [1.82, 2.24) is 9.88 Å². The van der Waals surface area contributed by atoms with Gasteiger partial charge in [-0.05, 0) is 37.7 Å². The molecule has 2 heterocycles. The number of esters is 1. The molecule has 4 rings (SSSR count). The highest BCUT2D eigenvalue weighted by Gasteiger charge is 2.29. The van der Waals surface area contributed by atoms with Crippen LogP contribution in [-0.4, -0.2) is 52.5 Å². The highest BCUT2D eigenvalue weighted by molar-refractivity contribution is 6.34. The van der Waals surface area contributed by atoms with E-state index in [1.54, 1.807) is 6.92 Å². The highest BCUT2D eigenvalue weighted by atomic mass is 35.5. The monoisotopic (exact) mass is 481 g/mol. The van der Waals surface area contributed by atoms with E-state index in [9.17, 15) is 19.5 Å². The molecule has 0 spiro atoms. The number of nitrogens with zero attached hydrogens (tertiary/aromatic N) is 2.